The summed E-state index contributed by atoms with van der Waals surface area (Å²) in [5.41, 5.74) is 5.15. The van der Waals surface area contributed by atoms with Gasteiger partial charge in [0.25, 0.3) is 5.91 Å². The summed E-state index contributed by atoms with van der Waals surface area (Å²) in [6.07, 6.45) is 0. The molecule has 0 aromatic heterocycles. The van der Waals surface area contributed by atoms with Gasteiger partial charge in [0.05, 0.1) is 23.4 Å². The van der Waals surface area contributed by atoms with Gasteiger partial charge in [-0.05, 0) is 12.1 Å². The standard InChI is InChI=1S/C9H10ClFN2O2/c1-13(15-2)9(14)5-3-4-6(10)7(11)8(5)12/h3-4H,12H2,1-2H3. The van der Waals surface area contributed by atoms with Crippen molar-refractivity contribution in [2.75, 3.05) is 19.9 Å². The summed E-state index contributed by atoms with van der Waals surface area (Å²) in [6.45, 7) is 0. The lowest BCUT2D eigenvalue weighted by Gasteiger charge is -2.15. The molecular weight excluding hydrogens is 223 g/mol. The fraction of sp³-hybridized carbons (Fsp3) is 0.222. The Morgan fingerprint density at radius 3 is 2.73 bits per heavy atom. The Bertz CT molecular complexity index is 398. The number of hydrogen-bond acceptors (Lipinski definition) is 3. The molecule has 0 bridgehead atoms. The molecule has 1 rings (SSSR count). The van der Waals surface area contributed by atoms with Gasteiger partial charge in [0.1, 0.15) is 0 Å². The van der Waals surface area contributed by atoms with Crippen LogP contribution in [0.5, 0.6) is 0 Å². The number of nitrogens with zero attached hydrogens (tertiary/aromatic N) is 1. The lowest BCUT2D eigenvalue weighted by molar-refractivity contribution is -0.0756. The van der Waals surface area contributed by atoms with Crippen molar-refractivity contribution in [3.63, 3.8) is 0 Å². The van der Waals surface area contributed by atoms with Crippen LogP contribution in [0.25, 0.3) is 0 Å². The first-order valence-corrected chi connectivity index (χ1v) is 4.42. The van der Waals surface area contributed by atoms with E-state index in [-0.39, 0.29) is 16.3 Å². The van der Waals surface area contributed by atoms with Crippen LogP contribution in [0.2, 0.25) is 5.02 Å². The first-order valence-electron chi connectivity index (χ1n) is 4.04. The molecule has 0 heterocycles. The van der Waals surface area contributed by atoms with Gasteiger partial charge in [-0.2, -0.15) is 0 Å². The Kier molecular flexibility index (Phi) is 3.49. The molecular formula is C9H10ClFN2O2. The molecule has 0 aliphatic carbocycles. The van der Waals surface area contributed by atoms with Crippen molar-refractivity contribution < 1.29 is 14.0 Å². The number of carbonyl (C=O) groups is 1. The van der Waals surface area contributed by atoms with Crippen LogP contribution in [0, 0.1) is 5.82 Å². The van der Waals surface area contributed by atoms with E-state index in [1.165, 1.54) is 26.3 Å². The third-order valence-electron chi connectivity index (χ3n) is 1.92. The lowest BCUT2D eigenvalue weighted by Crippen LogP contribution is -2.26. The molecule has 6 heteroatoms. The zero-order chi connectivity index (χ0) is 11.6. The van der Waals surface area contributed by atoms with Crippen LogP contribution < -0.4 is 5.73 Å². The number of hydroxylamine groups is 2. The number of hydrogen-bond donors (Lipinski definition) is 1. The Morgan fingerprint density at radius 1 is 1.60 bits per heavy atom. The molecule has 15 heavy (non-hydrogen) atoms. The number of nitrogens with two attached hydrogens (primary N) is 1. The van der Waals surface area contributed by atoms with E-state index in [2.05, 4.69) is 4.84 Å². The van der Waals surface area contributed by atoms with Crippen molar-refractivity contribution in [2.45, 2.75) is 0 Å². The molecule has 0 unspecified atom stereocenters. The van der Waals surface area contributed by atoms with Crippen LogP contribution in [0.1, 0.15) is 10.4 Å². The molecule has 4 nitrogen and oxygen atoms in total. The van der Waals surface area contributed by atoms with Gasteiger partial charge in [0, 0.05) is 7.05 Å². The minimum Gasteiger partial charge on any atom is -0.396 e. The van der Waals surface area contributed by atoms with Crippen molar-refractivity contribution >= 4 is 23.2 Å². The van der Waals surface area contributed by atoms with Gasteiger partial charge in [0.2, 0.25) is 0 Å². The van der Waals surface area contributed by atoms with Gasteiger partial charge >= 0.3 is 0 Å². The normalized spacial score (nSPS) is 10.1. The molecule has 0 saturated heterocycles. The van der Waals surface area contributed by atoms with Crippen LogP contribution in [-0.2, 0) is 4.84 Å². The maximum atomic E-state index is 13.3. The smallest absolute Gasteiger partial charge is 0.279 e. The molecule has 0 atom stereocenters. The van der Waals surface area contributed by atoms with Gasteiger partial charge in [-0.25, -0.2) is 9.45 Å². The van der Waals surface area contributed by atoms with Crippen molar-refractivity contribution in [1.82, 2.24) is 5.06 Å². The van der Waals surface area contributed by atoms with Crippen LogP contribution in [0.3, 0.4) is 0 Å². The topological polar surface area (TPSA) is 55.6 Å². The van der Waals surface area contributed by atoms with E-state index in [4.69, 9.17) is 17.3 Å². The van der Waals surface area contributed by atoms with Gasteiger partial charge < -0.3 is 5.73 Å². The van der Waals surface area contributed by atoms with Crippen molar-refractivity contribution in [1.29, 1.82) is 0 Å². The zero-order valence-electron chi connectivity index (χ0n) is 8.25. The fourth-order valence-corrected chi connectivity index (χ4v) is 1.17. The summed E-state index contributed by atoms with van der Waals surface area (Å²) in [4.78, 5) is 16.2. The number of carbonyl (C=O) groups excluding carboxylic acids is 1. The minimum absolute atomic E-state index is 0.0150. The van der Waals surface area contributed by atoms with Crippen LogP contribution in [0.4, 0.5) is 10.1 Å². The number of anilines is 1. The molecule has 0 fully saturated rings. The third-order valence-corrected chi connectivity index (χ3v) is 2.21. The first-order chi connectivity index (χ1) is 6.99. The monoisotopic (exact) mass is 232 g/mol. The highest BCUT2D eigenvalue weighted by molar-refractivity contribution is 6.31. The third kappa shape index (κ3) is 2.19. The summed E-state index contributed by atoms with van der Waals surface area (Å²) in [5, 5.41) is 0.822. The quantitative estimate of drug-likeness (QED) is 0.624. The average molecular weight is 233 g/mol. The van der Waals surface area contributed by atoms with E-state index in [0.717, 1.165) is 5.06 Å². The summed E-state index contributed by atoms with van der Waals surface area (Å²) < 4.78 is 13.3. The van der Waals surface area contributed by atoms with E-state index in [0.29, 0.717) is 0 Å². The molecule has 1 amide bonds. The predicted molar refractivity (Wildman–Crippen MR) is 54.9 cm³/mol. The summed E-state index contributed by atoms with van der Waals surface area (Å²) in [7, 11) is 2.72. The molecule has 1 aromatic rings. The summed E-state index contributed by atoms with van der Waals surface area (Å²) in [6, 6.07) is 2.61. The maximum absolute atomic E-state index is 13.3. The number of rotatable bonds is 2. The molecule has 82 valence electrons. The van der Waals surface area contributed by atoms with Crippen molar-refractivity contribution in [3.05, 3.63) is 28.5 Å². The number of nitrogen functional groups attached to an aromatic ring is 1. The van der Waals surface area contributed by atoms with E-state index in [1.807, 2.05) is 0 Å². The van der Waals surface area contributed by atoms with E-state index in [9.17, 15) is 9.18 Å². The molecule has 0 aliphatic rings. The van der Waals surface area contributed by atoms with Gasteiger partial charge in [0.15, 0.2) is 5.82 Å². The molecule has 1 aromatic carbocycles. The Balaban J connectivity index is 3.16. The number of amides is 1. The van der Waals surface area contributed by atoms with Crippen molar-refractivity contribution in [3.8, 4) is 0 Å². The molecule has 2 N–H and O–H groups in total. The van der Waals surface area contributed by atoms with Crippen molar-refractivity contribution in [2.24, 2.45) is 0 Å². The van der Waals surface area contributed by atoms with E-state index < -0.39 is 11.7 Å². The second-order valence-corrected chi connectivity index (χ2v) is 3.21. The Labute approximate surface area is 91.3 Å². The fourth-order valence-electron chi connectivity index (χ4n) is 1.01. The minimum atomic E-state index is -0.799. The second kappa shape index (κ2) is 4.46. The summed E-state index contributed by atoms with van der Waals surface area (Å²) in [5.74, 6) is -1.34. The largest absolute Gasteiger partial charge is 0.396 e. The molecule has 0 saturated carbocycles. The zero-order valence-corrected chi connectivity index (χ0v) is 9.01. The van der Waals surface area contributed by atoms with Gasteiger partial charge in [-0.3, -0.25) is 9.63 Å². The predicted octanol–water partition coefficient (Wildman–Crippen LogP) is 1.69. The highest BCUT2D eigenvalue weighted by Gasteiger charge is 2.18. The van der Waals surface area contributed by atoms with E-state index >= 15 is 0 Å². The highest BCUT2D eigenvalue weighted by atomic mass is 35.5. The van der Waals surface area contributed by atoms with Crippen LogP contribution >= 0.6 is 11.6 Å². The van der Waals surface area contributed by atoms with Gasteiger partial charge in [-0.1, -0.05) is 11.6 Å². The molecule has 0 spiro atoms. The highest BCUT2D eigenvalue weighted by Crippen LogP contribution is 2.24. The SMILES string of the molecule is CON(C)C(=O)c1ccc(Cl)c(F)c1N. The van der Waals surface area contributed by atoms with Crippen LogP contribution in [-0.4, -0.2) is 25.1 Å². The Morgan fingerprint density at radius 2 is 2.20 bits per heavy atom. The number of halogens is 2. The number of benzene rings is 1. The molecule has 0 radical (unpaired) electrons. The van der Waals surface area contributed by atoms with Gasteiger partial charge in [-0.15, -0.1) is 0 Å². The molecule has 0 aliphatic heterocycles. The van der Waals surface area contributed by atoms with E-state index in [1.54, 1.807) is 0 Å². The van der Waals surface area contributed by atoms with Crippen LogP contribution in [0.15, 0.2) is 12.1 Å². The maximum Gasteiger partial charge on any atom is 0.279 e. The Hall–Kier alpha value is -1.33. The second-order valence-electron chi connectivity index (χ2n) is 2.81. The first kappa shape index (κ1) is 11.7. The lowest BCUT2D eigenvalue weighted by atomic mass is 10.1. The average Bonchev–Trinajstić information content (AvgIpc) is 2.24. The summed E-state index contributed by atoms with van der Waals surface area (Å²) >= 11 is 5.49.